The Morgan fingerprint density at radius 2 is 1.70 bits per heavy atom. The lowest BCUT2D eigenvalue weighted by atomic mass is 9.80. The first kappa shape index (κ1) is 17.0. The fraction of sp³-hybridized carbons (Fsp3) is 0.471. The highest BCUT2D eigenvalue weighted by molar-refractivity contribution is 6.01. The first-order valence-corrected chi connectivity index (χ1v) is 7.94. The number of carbonyl (C=O) groups is 3. The van der Waals surface area contributed by atoms with E-state index >= 15 is 0 Å². The van der Waals surface area contributed by atoms with Gasteiger partial charge in [0.1, 0.15) is 5.54 Å². The minimum absolute atomic E-state index is 0.115. The Bertz CT molecular complexity index is 566. The largest absolute Gasteiger partial charge is 0.347 e. The Morgan fingerprint density at radius 1 is 1.04 bits per heavy atom. The Kier molecular flexibility index (Phi) is 5.73. The second-order valence-electron chi connectivity index (χ2n) is 5.92. The van der Waals surface area contributed by atoms with Crippen molar-refractivity contribution >= 4 is 23.4 Å². The van der Waals surface area contributed by atoms with E-state index in [-0.39, 0.29) is 24.3 Å². The monoisotopic (exact) mass is 317 g/mol. The third-order valence-electron chi connectivity index (χ3n) is 4.05. The van der Waals surface area contributed by atoms with Gasteiger partial charge >= 0.3 is 0 Å². The average molecular weight is 317 g/mol. The SMILES string of the molecule is CC(=O)NCC(=O)NC1(C(=O)Nc2ccccc2)CCCCC1. The van der Waals surface area contributed by atoms with E-state index < -0.39 is 5.54 Å². The van der Waals surface area contributed by atoms with Crippen LogP contribution < -0.4 is 16.0 Å². The minimum atomic E-state index is -0.899. The van der Waals surface area contributed by atoms with E-state index in [1.165, 1.54) is 6.92 Å². The van der Waals surface area contributed by atoms with E-state index in [9.17, 15) is 14.4 Å². The maximum atomic E-state index is 12.7. The molecule has 6 nitrogen and oxygen atoms in total. The number of nitrogens with one attached hydrogen (secondary N) is 3. The summed E-state index contributed by atoms with van der Waals surface area (Å²) >= 11 is 0. The summed E-state index contributed by atoms with van der Waals surface area (Å²) in [7, 11) is 0. The van der Waals surface area contributed by atoms with Crippen molar-refractivity contribution in [3.05, 3.63) is 30.3 Å². The van der Waals surface area contributed by atoms with E-state index in [4.69, 9.17) is 0 Å². The second kappa shape index (κ2) is 7.76. The van der Waals surface area contributed by atoms with Crippen LogP contribution in [0.3, 0.4) is 0 Å². The zero-order chi connectivity index (χ0) is 16.7. The van der Waals surface area contributed by atoms with E-state index in [1.54, 1.807) is 0 Å². The number of rotatable bonds is 5. The van der Waals surface area contributed by atoms with Crippen molar-refractivity contribution in [2.75, 3.05) is 11.9 Å². The quantitative estimate of drug-likeness (QED) is 0.770. The predicted molar refractivity (Wildman–Crippen MR) is 87.7 cm³/mol. The van der Waals surface area contributed by atoms with Crippen molar-refractivity contribution in [3.63, 3.8) is 0 Å². The molecule has 6 heteroatoms. The highest BCUT2D eigenvalue weighted by Gasteiger charge is 2.40. The van der Waals surface area contributed by atoms with Crippen LogP contribution in [0, 0.1) is 0 Å². The first-order chi connectivity index (χ1) is 11.0. The molecular weight excluding hydrogens is 294 g/mol. The Hall–Kier alpha value is -2.37. The summed E-state index contributed by atoms with van der Waals surface area (Å²) in [6, 6.07) is 9.19. The molecule has 124 valence electrons. The molecule has 2 rings (SSSR count). The van der Waals surface area contributed by atoms with Crippen LogP contribution >= 0.6 is 0 Å². The van der Waals surface area contributed by atoms with Crippen molar-refractivity contribution in [2.24, 2.45) is 0 Å². The maximum absolute atomic E-state index is 12.7. The van der Waals surface area contributed by atoms with Crippen LogP contribution in [0.5, 0.6) is 0 Å². The van der Waals surface area contributed by atoms with Gasteiger partial charge in [0.15, 0.2) is 0 Å². The standard InChI is InChI=1S/C17H23N3O3/c1-13(21)18-12-15(22)20-17(10-6-3-7-11-17)16(23)19-14-8-4-2-5-9-14/h2,4-5,8-9H,3,6-7,10-12H2,1H3,(H,18,21)(H,19,23)(H,20,22). The molecule has 0 bridgehead atoms. The van der Waals surface area contributed by atoms with Gasteiger partial charge in [-0.2, -0.15) is 0 Å². The van der Waals surface area contributed by atoms with E-state index in [1.807, 2.05) is 30.3 Å². The summed E-state index contributed by atoms with van der Waals surface area (Å²) in [5.41, 5.74) is -0.192. The zero-order valence-corrected chi connectivity index (χ0v) is 13.4. The third-order valence-corrected chi connectivity index (χ3v) is 4.05. The van der Waals surface area contributed by atoms with Crippen LogP contribution in [0.25, 0.3) is 0 Å². The van der Waals surface area contributed by atoms with Gasteiger partial charge < -0.3 is 16.0 Å². The number of carbonyl (C=O) groups excluding carboxylic acids is 3. The van der Waals surface area contributed by atoms with Gasteiger partial charge in [-0.3, -0.25) is 14.4 Å². The van der Waals surface area contributed by atoms with Gasteiger partial charge in [-0.05, 0) is 25.0 Å². The fourth-order valence-corrected chi connectivity index (χ4v) is 2.85. The van der Waals surface area contributed by atoms with E-state index in [0.29, 0.717) is 18.5 Å². The molecule has 1 aromatic rings. The fourth-order valence-electron chi connectivity index (χ4n) is 2.85. The second-order valence-corrected chi connectivity index (χ2v) is 5.92. The number of para-hydroxylation sites is 1. The molecule has 0 heterocycles. The number of amides is 3. The topological polar surface area (TPSA) is 87.3 Å². The van der Waals surface area contributed by atoms with E-state index in [2.05, 4.69) is 16.0 Å². The molecule has 0 atom stereocenters. The lowest BCUT2D eigenvalue weighted by Gasteiger charge is -2.36. The molecule has 1 aliphatic carbocycles. The Morgan fingerprint density at radius 3 is 2.30 bits per heavy atom. The molecule has 23 heavy (non-hydrogen) atoms. The van der Waals surface area contributed by atoms with Crippen molar-refractivity contribution < 1.29 is 14.4 Å². The summed E-state index contributed by atoms with van der Waals surface area (Å²) in [4.78, 5) is 35.7. The van der Waals surface area contributed by atoms with Crippen molar-refractivity contribution in [1.82, 2.24) is 10.6 Å². The van der Waals surface area contributed by atoms with Crippen molar-refractivity contribution in [3.8, 4) is 0 Å². The lowest BCUT2D eigenvalue weighted by molar-refractivity contribution is -0.132. The summed E-state index contributed by atoms with van der Waals surface area (Å²) in [6.07, 6.45) is 4.06. The molecule has 1 aromatic carbocycles. The van der Waals surface area contributed by atoms with Crippen molar-refractivity contribution in [1.29, 1.82) is 0 Å². The molecule has 0 saturated heterocycles. The van der Waals surface area contributed by atoms with Gasteiger partial charge in [0.05, 0.1) is 6.54 Å². The van der Waals surface area contributed by atoms with Gasteiger partial charge in [-0.1, -0.05) is 37.5 Å². The molecule has 0 radical (unpaired) electrons. The first-order valence-electron chi connectivity index (χ1n) is 7.94. The summed E-state index contributed by atoms with van der Waals surface area (Å²) in [5.74, 6) is -0.809. The average Bonchev–Trinajstić information content (AvgIpc) is 2.55. The molecular formula is C17H23N3O3. The smallest absolute Gasteiger partial charge is 0.250 e. The van der Waals surface area contributed by atoms with Gasteiger partial charge in [-0.15, -0.1) is 0 Å². The van der Waals surface area contributed by atoms with Gasteiger partial charge in [-0.25, -0.2) is 0 Å². The van der Waals surface area contributed by atoms with Crippen LogP contribution in [0.1, 0.15) is 39.0 Å². The van der Waals surface area contributed by atoms with Crippen LogP contribution in [-0.2, 0) is 14.4 Å². The predicted octanol–water partition coefficient (Wildman–Crippen LogP) is 1.58. The van der Waals surface area contributed by atoms with Crippen LogP contribution in [-0.4, -0.2) is 29.8 Å². The number of benzene rings is 1. The minimum Gasteiger partial charge on any atom is -0.347 e. The molecule has 3 amide bonds. The molecule has 0 aromatic heterocycles. The molecule has 0 spiro atoms. The van der Waals surface area contributed by atoms with Crippen molar-refractivity contribution in [2.45, 2.75) is 44.6 Å². The molecule has 3 N–H and O–H groups in total. The van der Waals surface area contributed by atoms with Gasteiger partial charge in [0.2, 0.25) is 17.7 Å². The normalized spacial score (nSPS) is 16.2. The van der Waals surface area contributed by atoms with E-state index in [0.717, 1.165) is 19.3 Å². The van der Waals surface area contributed by atoms with Crippen LogP contribution in [0.15, 0.2) is 30.3 Å². The molecule has 1 aliphatic rings. The summed E-state index contributed by atoms with van der Waals surface area (Å²) in [5, 5.41) is 8.18. The molecule has 1 fully saturated rings. The zero-order valence-electron chi connectivity index (χ0n) is 13.4. The number of hydrogen-bond donors (Lipinski definition) is 3. The van der Waals surface area contributed by atoms with Gasteiger partial charge in [0.25, 0.3) is 0 Å². The summed E-state index contributed by atoms with van der Waals surface area (Å²) in [6.45, 7) is 1.24. The third kappa shape index (κ3) is 4.81. The number of anilines is 1. The Labute approximate surface area is 136 Å². The highest BCUT2D eigenvalue weighted by atomic mass is 16.2. The van der Waals surface area contributed by atoms with Crippen LogP contribution in [0.2, 0.25) is 0 Å². The highest BCUT2D eigenvalue weighted by Crippen LogP contribution is 2.29. The molecule has 0 aliphatic heterocycles. The lowest BCUT2D eigenvalue weighted by Crippen LogP contribution is -2.59. The summed E-state index contributed by atoms with van der Waals surface area (Å²) < 4.78 is 0. The maximum Gasteiger partial charge on any atom is 0.250 e. The Balaban J connectivity index is 2.06. The van der Waals surface area contributed by atoms with Gasteiger partial charge in [0, 0.05) is 12.6 Å². The van der Waals surface area contributed by atoms with Crippen LogP contribution in [0.4, 0.5) is 5.69 Å². The molecule has 0 unspecified atom stereocenters. The number of hydrogen-bond acceptors (Lipinski definition) is 3. The molecule has 1 saturated carbocycles.